The van der Waals surface area contributed by atoms with Crippen molar-refractivity contribution in [2.75, 3.05) is 12.5 Å². The van der Waals surface area contributed by atoms with Crippen molar-refractivity contribution in [3.8, 4) is 0 Å². The Morgan fingerprint density at radius 1 is 1.33 bits per heavy atom. The monoisotopic (exact) mass is 232 g/mol. The van der Waals surface area contributed by atoms with E-state index in [1.165, 1.54) is 0 Å². The molecule has 0 bridgehead atoms. The number of rotatable bonds is 0. The summed E-state index contributed by atoms with van der Waals surface area (Å²) in [6, 6.07) is 0. The Balaban J connectivity index is 0. The highest BCUT2D eigenvalue weighted by Crippen LogP contribution is 1.77. The molecule has 0 saturated carbocycles. The van der Waals surface area contributed by atoms with Gasteiger partial charge in [0.2, 0.25) is 0 Å². The lowest BCUT2D eigenvalue weighted by Gasteiger charge is -1.51. The molecule has 0 aliphatic heterocycles. The minimum Gasteiger partial charge on any atom is -0.169 e. The Kier molecular flexibility index (Phi) is 28.0. The average Bonchev–Trinajstić information content (AvgIpc) is 1.39. The summed E-state index contributed by atoms with van der Waals surface area (Å²) >= 11 is 7.88. The molecule has 0 unspecified atom stereocenters. The summed E-state index contributed by atoms with van der Waals surface area (Å²) in [5.74, 6) is 0. The van der Waals surface area contributed by atoms with Crippen molar-refractivity contribution in [3.05, 3.63) is 0 Å². The largest absolute Gasteiger partial charge is 0.282 e. The van der Waals surface area contributed by atoms with Gasteiger partial charge in [-0.15, -0.1) is 31.5 Å². The molecule has 0 amide bonds. The van der Waals surface area contributed by atoms with Crippen molar-refractivity contribution in [3.63, 3.8) is 0 Å². The van der Waals surface area contributed by atoms with Crippen LogP contribution >= 0.6 is 43.3 Å². The fourth-order valence-corrected chi connectivity index (χ4v) is 0. The van der Waals surface area contributed by atoms with Gasteiger partial charge in [0.05, 0.1) is 0 Å². The van der Waals surface area contributed by atoms with Crippen LogP contribution in [-0.2, 0) is 0 Å². The second-order valence-electron chi connectivity index (χ2n) is 0.509. The van der Waals surface area contributed by atoms with Crippen LogP contribution in [0.25, 0.3) is 0 Å². The van der Waals surface area contributed by atoms with E-state index in [1.807, 2.05) is 12.5 Å². The smallest absolute Gasteiger partial charge is 0.169 e. The first kappa shape index (κ1) is 10.4. The Labute approximate surface area is 60.6 Å². The van der Waals surface area contributed by atoms with Crippen molar-refractivity contribution < 1.29 is 0 Å². The minimum atomic E-state index is 0.875. The summed E-state index contributed by atoms with van der Waals surface area (Å²) in [5.41, 5.74) is 0. The van der Waals surface area contributed by atoms with Gasteiger partial charge in [-0.25, -0.2) is 0 Å². The van der Waals surface area contributed by atoms with Crippen LogP contribution < -0.4 is 0 Å². The molecule has 0 N–H and O–H groups in total. The third-order valence-electron chi connectivity index (χ3n) is 0. The molecule has 0 saturated heterocycles. The lowest BCUT2D eigenvalue weighted by atomic mass is 10.8. The van der Waals surface area contributed by atoms with Crippen LogP contribution in [0.4, 0.5) is 0 Å². The standard InChI is InChI=1S/C2H6S.BBr2H/c1-3-2;2-1-3/h1-2H3;1H. The number of halogens is 2. The average molecular weight is 234 g/mol. The van der Waals surface area contributed by atoms with Crippen LogP contribution in [0.3, 0.4) is 0 Å². The fourth-order valence-electron chi connectivity index (χ4n) is 0. The van der Waals surface area contributed by atoms with Crippen molar-refractivity contribution >= 4 is 48.2 Å². The number of hydrogen-bond acceptors (Lipinski definition) is 1. The van der Waals surface area contributed by atoms with E-state index in [0.29, 0.717) is 0 Å². The fraction of sp³-hybridized carbons (Fsp3) is 1.00. The molecule has 0 aromatic heterocycles. The second kappa shape index (κ2) is 16.2. The number of hydrogen-bond donors (Lipinski definition) is 0. The molecule has 0 heterocycles. The Bertz CT molecular complexity index is 13.5. The molecule has 0 aromatic carbocycles. The predicted octanol–water partition coefficient (Wildman–Crippen LogP) is 2.02. The van der Waals surface area contributed by atoms with Gasteiger partial charge in [-0.3, -0.25) is 0 Å². The zero-order valence-electron chi connectivity index (χ0n) is 3.87. The van der Waals surface area contributed by atoms with Gasteiger partial charge in [0.25, 0.3) is 4.93 Å². The van der Waals surface area contributed by atoms with Gasteiger partial charge in [-0.05, 0) is 12.5 Å². The lowest BCUT2D eigenvalue weighted by molar-refractivity contribution is 2.37. The van der Waals surface area contributed by atoms with Gasteiger partial charge < -0.3 is 0 Å². The van der Waals surface area contributed by atoms with Crippen LogP contribution in [0.15, 0.2) is 0 Å². The SMILES string of the molecule is BrBBr.CSC. The van der Waals surface area contributed by atoms with Crippen LogP contribution in [0.5, 0.6) is 0 Å². The summed E-state index contributed by atoms with van der Waals surface area (Å²) in [6.07, 6.45) is 4.08. The Morgan fingerprint density at radius 2 is 1.33 bits per heavy atom. The van der Waals surface area contributed by atoms with Gasteiger partial charge in [0.1, 0.15) is 0 Å². The summed E-state index contributed by atoms with van der Waals surface area (Å²) in [4.78, 5) is 0.875. The highest BCUT2D eigenvalue weighted by molar-refractivity contribution is 9.47. The van der Waals surface area contributed by atoms with E-state index in [-0.39, 0.29) is 0 Å². The van der Waals surface area contributed by atoms with Crippen molar-refractivity contribution in [1.29, 1.82) is 0 Å². The van der Waals surface area contributed by atoms with E-state index in [0.717, 1.165) is 4.93 Å². The molecular formula is C2H7BBr2S. The molecule has 0 atom stereocenters. The first-order valence-corrected chi connectivity index (χ1v) is 5.23. The van der Waals surface area contributed by atoms with Crippen LogP contribution in [0, 0.1) is 0 Å². The zero-order valence-corrected chi connectivity index (χ0v) is 7.86. The quantitative estimate of drug-likeness (QED) is 0.577. The summed E-state index contributed by atoms with van der Waals surface area (Å²) < 4.78 is 0. The minimum absolute atomic E-state index is 0.875. The highest BCUT2D eigenvalue weighted by atomic mass is 79.9. The summed E-state index contributed by atoms with van der Waals surface area (Å²) in [5, 5.41) is 0. The Hall–Kier alpha value is 1.37. The molecule has 0 spiro atoms. The summed E-state index contributed by atoms with van der Waals surface area (Å²) in [6.45, 7) is 0. The molecule has 0 radical (unpaired) electrons. The molecule has 6 heavy (non-hydrogen) atoms. The molecule has 0 aliphatic rings. The van der Waals surface area contributed by atoms with E-state index < -0.39 is 0 Å². The van der Waals surface area contributed by atoms with E-state index in [2.05, 4.69) is 31.5 Å². The topological polar surface area (TPSA) is 0 Å². The molecule has 0 nitrogen and oxygen atoms in total. The predicted molar refractivity (Wildman–Crippen MR) is 44.4 cm³/mol. The van der Waals surface area contributed by atoms with E-state index in [4.69, 9.17) is 0 Å². The first-order valence-electron chi connectivity index (χ1n) is 1.35. The maximum Gasteiger partial charge on any atom is 0.282 e. The number of thioether (sulfide) groups is 1. The zero-order chi connectivity index (χ0) is 5.41. The van der Waals surface area contributed by atoms with Crippen molar-refractivity contribution in [1.82, 2.24) is 0 Å². The van der Waals surface area contributed by atoms with Crippen LogP contribution in [0.2, 0.25) is 0 Å². The third kappa shape index (κ3) is 54.4. The Morgan fingerprint density at radius 3 is 1.33 bits per heavy atom. The van der Waals surface area contributed by atoms with Gasteiger partial charge in [0, 0.05) is 0 Å². The van der Waals surface area contributed by atoms with Crippen LogP contribution in [0.1, 0.15) is 0 Å². The van der Waals surface area contributed by atoms with Crippen molar-refractivity contribution in [2.45, 2.75) is 0 Å². The van der Waals surface area contributed by atoms with Gasteiger partial charge >= 0.3 is 0 Å². The van der Waals surface area contributed by atoms with Gasteiger partial charge in [-0.1, -0.05) is 0 Å². The molecule has 0 aromatic rings. The van der Waals surface area contributed by atoms with Gasteiger partial charge in [0.15, 0.2) is 0 Å². The first-order chi connectivity index (χ1) is 2.83. The van der Waals surface area contributed by atoms with Crippen LogP contribution in [-0.4, -0.2) is 17.4 Å². The summed E-state index contributed by atoms with van der Waals surface area (Å²) in [7, 11) is 0. The molecule has 0 fully saturated rings. The lowest BCUT2D eigenvalue weighted by Crippen LogP contribution is -1.31. The molecule has 0 aliphatic carbocycles. The van der Waals surface area contributed by atoms with E-state index in [1.54, 1.807) is 11.8 Å². The van der Waals surface area contributed by atoms with Gasteiger partial charge in [-0.2, -0.15) is 11.8 Å². The highest BCUT2D eigenvalue weighted by Gasteiger charge is 1.50. The maximum atomic E-state index is 3.06. The molecule has 4 heteroatoms. The normalized spacial score (nSPS) is 5.33. The van der Waals surface area contributed by atoms with E-state index >= 15 is 0 Å². The molecule has 38 valence electrons. The molecular weight excluding hydrogens is 227 g/mol. The maximum absolute atomic E-state index is 3.06. The molecule has 0 rings (SSSR count). The van der Waals surface area contributed by atoms with E-state index in [9.17, 15) is 0 Å². The van der Waals surface area contributed by atoms with Crippen molar-refractivity contribution in [2.24, 2.45) is 0 Å². The second-order valence-corrected chi connectivity index (χ2v) is 3.95. The third-order valence-corrected chi connectivity index (χ3v) is 0.